The molecule has 0 aromatic heterocycles. The van der Waals surface area contributed by atoms with E-state index in [0.29, 0.717) is 19.4 Å². The van der Waals surface area contributed by atoms with E-state index in [2.05, 4.69) is 5.32 Å². The molecule has 2 fully saturated rings. The Labute approximate surface area is 123 Å². The van der Waals surface area contributed by atoms with Gasteiger partial charge in [-0.3, -0.25) is 4.79 Å². The molecular formula is C14H23F3N2O2. The van der Waals surface area contributed by atoms with E-state index in [1.807, 2.05) is 0 Å². The zero-order valence-corrected chi connectivity index (χ0v) is 12.5. The Balaban J connectivity index is 2.23. The van der Waals surface area contributed by atoms with Crippen LogP contribution in [0, 0.1) is 5.41 Å². The third-order valence-corrected chi connectivity index (χ3v) is 4.75. The molecule has 1 aliphatic heterocycles. The molecule has 0 radical (unpaired) electrons. The highest BCUT2D eigenvalue weighted by Gasteiger charge is 2.53. The molecule has 1 amide bonds. The molecule has 2 aliphatic rings. The summed E-state index contributed by atoms with van der Waals surface area (Å²) in [6.07, 6.45) is -2.05. The highest BCUT2D eigenvalue weighted by molar-refractivity contribution is 5.82. The van der Waals surface area contributed by atoms with Crippen molar-refractivity contribution in [1.29, 1.82) is 0 Å². The fourth-order valence-electron chi connectivity index (χ4n) is 3.35. The summed E-state index contributed by atoms with van der Waals surface area (Å²) in [5.41, 5.74) is -0.399. The minimum absolute atomic E-state index is 0.266. The van der Waals surface area contributed by atoms with Crippen molar-refractivity contribution in [2.24, 2.45) is 5.41 Å². The smallest absolute Gasteiger partial charge is 0.384 e. The Morgan fingerprint density at radius 2 is 1.95 bits per heavy atom. The Morgan fingerprint density at radius 3 is 2.38 bits per heavy atom. The number of nitrogens with one attached hydrogen (secondary N) is 1. The van der Waals surface area contributed by atoms with Crippen LogP contribution in [0.2, 0.25) is 0 Å². The minimum Gasteiger partial charge on any atom is -0.384 e. The van der Waals surface area contributed by atoms with Gasteiger partial charge in [0.2, 0.25) is 0 Å². The van der Waals surface area contributed by atoms with E-state index in [-0.39, 0.29) is 6.04 Å². The van der Waals surface area contributed by atoms with Crippen molar-refractivity contribution in [3.8, 4) is 0 Å². The molecule has 1 saturated carbocycles. The minimum atomic E-state index is -4.81. The van der Waals surface area contributed by atoms with Crippen LogP contribution >= 0.6 is 0 Å². The first-order valence-electron chi connectivity index (χ1n) is 7.41. The SMILES string of the molecule is COCC1(C(C)N(C(=O)C(F)(F)F)C2CC2)CCNCC1. The first-order valence-corrected chi connectivity index (χ1v) is 7.41. The molecule has 1 N–H and O–H groups in total. The van der Waals surface area contributed by atoms with Gasteiger partial charge in [0.05, 0.1) is 6.61 Å². The van der Waals surface area contributed by atoms with Crippen molar-refractivity contribution in [2.45, 2.75) is 50.9 Å². The fraction of sp³-hybridized carbons (Fsp3) is 0.929. The molecule has 2 rings (SSSR count). The third kappa shape index (κ3) is 3.51. The fourth-order valence-corrected chi connectivity index (χ4v) is 3.35. The van der Waals surface area contributed by atoms with Crippen LogP contribution in [0.1, 0.15) is 32.6 Å². The summed E-state index contributed by atoms with van der Waals surface area (Å²) < 4.78 is 43.9. The molecule has 0 bridgehead atoms. The zero-order chi connectivity index (χ0) is 15.7. The second-order valence-corrected chi connectivity index (χ2v) is 6.16. The summed E-state index contributed by atoms with van der Waals surface area (Å²) in [6, 6.07) is -0.737. The van der Waals surface area contributed by atoms with Crippen molar-refractivity contribution in [3.05, 3.63) is 0 Å². The number of methoxy groups -OCH3 is 1. The third-order valence-electron chi connectivity index (χ3n) is 4.75. The number of halogens is 3. The maximum Gasteiger partial charge on any atom is 0.471 e. The summed E-state index contributed by atoms with van der Waals surface area (Å²) in [5, 5.41) is 3.21. The number of hydrogen-bond donors (Lipinski definition) is 1. The number of amides is 1. The summed E-state index contributed by atoms with van der Waals surface area (Å²) >= 11 is 0. The Kier molecular flexibility index (Phi) is 4.82. The lowest BCUT2D eigenvalue weighted by Crippen LogP contribution is -2.57. The summed E-state index contributed by atoms with van der Waals surface area (Å²) in [4.78, 5) is 12.9. The van der Waals surface area contributed by atoms with Crippen LogP contribution in [-0.2, 0) is 9.53 Å². The van der Waals surface area contributed by atoms with Gasteiger partial charge < -0.3 is 15.0 Å². The highest BCUT2D eigenvalue weighted by atomic mass is 19.4. The van der Waals surface area contributed by atoms with E-state index in [1.165, 1.54) is 0 Å². The predicted octanol–water partition coefficient (Wildman–Crippen LogP) is 1.94. The summed E-state index contributed by atoms with van der Waals surface area (Å²) in [7, 11) is 1.56. The number of piperidine rings is 1. The molecule has 0 aromatic carbocycles. The average Bonchev–Trinajstić information content (AvgIpc) is 3.24. The van der Waals surface area contributed by atoms with Gasteiger partial charge in [0.1, 0.15) is 0 Å². The van der Waals surface area contributed by atoms with Crippen molar-refractivity contribution < 1.29 is 22.7 Å². The molecule has 4 nitrogen and oxygen atoms in total. The molecule has 21 heavy (non-hydrogen) atoms. The molecule has 0 spiro atoms. The van der Waals surface area contributed by atoms with Gasteiger partial charge in [-0.15, -0.1) is 0 Å². The van der Waals surface area contributed by atoms with Gasteiger partial charge in [0.15, 0.2) is 0 Å². The van der Waals surface area contributed by atoms with Crippen molar-refractivity contribution in [3.63, 3.8) is 0 Å². The molecule has 0 aromatic rings. The van der Waals surface area contributed by atoms with E-state index in [9.17, 15) is 18.0 Å². The van der Waals surface area contributed by atoms with Gasteiger partial charge in [-0.05, 0) is 45.7 Å². The lowest BCUT2D eigenvalue weighted by molar-refractivity contribution is -0.192. The number of ether oxygens (including phenoxy) is 1. The molecule has 1 unspecified atom stereocenters. The quantitative estimate of drug-likeness (QED) is 0.844. The number of alkyl halides is 3. The first-order chi connectivity index (χ1) is 9.82. The number of rotatable bonds is 5. The number of carbonyl (C=O) groups is 1. The van der Waals surface area contributed by atoms with Crippen molar-refractivity contribution >= 4 is 5.91 Å². The van der Waals surface area contributed by atoms with Gasteiger partial charge in [0.25, 0.3) is 0 Å². The molecule has 1 heterocycles. The maximum absolute atomic E-state index is 12.9. The second-order valence-electron chi connectivity index (χ2n) is 6.16. The van der Waals surface area contributed by atoms with Gasteiger partial charge in [-0.1, -0.05) is 0 Å². The lowest BCUT2D eigenvalue weighted by atomic mass is 9.73. The standard InChI is InChI=1S/C14H23F3N2O2/c1-10(13(9-21-2)5-7-18-8-6-13)19(11-3-4-11)12(20)14(15,16)17/h10-11,18H,3-9H2,1-2H3. The van der Waals surface area contributed by atoms with Crippen LogP contribution in [0.5, 0.6) is 0 Å². The van der Waals surface area contributed by atoms with E-state index < -0.39 is 23.5 Å². The maximum atomic E-state index is 12.9. The molecule has 1 aliphatic carbocycles. The van der Waals surface area contributed by atoms with Gasteiger partial charge >= 0.3 is 12.1 Å². The molecule has 1 saturated heterocycles. The Hall–Kier alpha value is -0.820. The van der Waals surface area contributed by atoms with Crippen molar-refractivity contribution in [1.82, 2.24) is 10.2 Å². The largest absolute Gasteiger partial charge is 0.471 e. The predicted molar refractivity (Wildman–Crippen MR) is 71.8 cm³/mol. The lowest BCUT2D eigenvalue weighted by Gasteiger charge is -2.47. The normalized spacial score (nSPS) is 23.7. The van der Waals surface area contributed by atoms with E-state index in [1.54, 1.807) is 14.0 Å². The molecule has 7 heteroatoms. The topological polar surface area (TPSA) is 41.6 Å². The summed E-state index contributed by atoms with van der Waals surface area (Å²) in [5.74, 6) is -1.70. The molecule has 1 atom stereocenters. The Bertz CT molecular complexity index is 371. The van der Waals surface area contributed by atoms with Crippen molar-refractivity contribution in [2.75, 3.05) is 26.8 Å². The van der Waals surface area contributed by atoms with Crippen LogP contribution < -0.4 is 5.32 Å². The van der Waals surface area contributed by atoms with Gasteiger partial charge in [0, 0.05) is 24.6 Å². The van der Waals surface area contributed by atoms with E-state index >= 15 is 0 Å². The number of nitrogens with zero attached hydrogens (tertiary/aromatic N) is 1. The van der Waals surface area contributed by atoms with Crippen LogP contribution in [0.4, 0.5) is 13.2 Å². The zero-order valence-electron chi connectivity index (χ0n) is 12.5. The second kappa shape index (κ2) is 6.12. The summed E-state index contributed by atoms with van der Waals surface area (Å²) in [6.45, 7) is 3.61. The monoisotopic (exact) mass is 308 g/mol. The Morgan fingerprint density at radius 1 is 1.38 bits per heavy atom. The van der Waals surface area contributed by atoms with Crippen LogP contribution in [0.3, 0.4) is 0 Å². The number of carbonyl (C=O) groups excluding carboxylic acids is 1. The van der Waals surface area contributed by atoms with Crippen LogP contribution in [0.25, 0.3) is 0 Å². The average molecular weight is 308 g/mol. The first kappa shape index (κ1) is 16.5. The van der Waals surface area contributed by atoms with E-state index in [4.69, 9.17) is 4.74 Å². The van der Waals surface area contributed by atoms with Gasteiger partial charge in [-0.25, -0.2) is 0 Å². The van der Waals surface area contributed by atoms with Crippen LogP contribution in [0.15, 0.2) is 0 Å². The molecule has 122 valence electrons. The van der Waals surface area contributed by atoms with Crippen LogP contribution in [-0.4, -0.2) is 55.9 Å². The number of hydrogen-bond acceptors (Lipinski definition) is 3. The van der Waals surface area contributed by atoms with E-state index in [0.717, 1.165) is 30.8 Å². The van der Waals surface area contributed by atoms with Gasteiger partial charge in [-0.2, -0.15) is 13.2 Å². The highest BCUT2D eigenvalue weighted by Crippen LogP contribution is 2.42. The molecular weight excluding hydrogens is 285 g/mol.